The highest BCUT2D eigenvalue weighted by molar-refractivity contribution is 5.76. The smallest absolute Gasteiger partial charge is 0.222 e. The van der Waals surface area contributed by atoms with E-state index in [9.17, 15) is 4.79 Å². The van der Waals surface area contributed by atoms with Crippen LogP contribution in [0.4, 0.5) is 0 Å². The Bertz CT molecular complexity index is 736. The molecule has 1 aliphatic rings. The minimum absolute atomic E-state index is 0.200. The van der Waals surface area contributed by atoms with Gasteiger partial charge in [-0.15, -0.1) is 0 Å². The number of benzene rings is 1. The SMILES string of the molecule is COc1ccc(CC2CCN(C(=O)CCc3cnccn3)C2)cc1OC. The van der Waals surface area contributed by atoms with Crippen molar-refractivity contribution in [1.29, 1.82) is 0 Å². The first-order valence-corrected chi connectivity index (χ1v) is 8.93. The largest absolute Gasteiger partial charge is 0.493 e. The number of likely N-dealkylation sites (tertiary alicyclic amines) is 1. The third-order valence-corrected chi connectivity index (χ3v) is 4.82. The molecule has 0 bridgehead atoms. The van der Waals surface area contributed by atoms with Crippen LogP contribution in [0, 0.1) is 5.92 Å². The molecule has 1 unspecified atom stereocenters. The Labute approximate surface area is 154 Å². The van der Waals surface area contributed by atoms with E-state index in [1.54, 1.807) is 32.8 Å². The minimum Gasteiger partial charge on any atom is -0.493 e. The second-order valence-corrected chi connectivity index (χ2v) is 6.58. The van der Waals surface area contributed by atoms with Gasteiger partial charge in [0.2, 0.25) is 5.91 Å². The van der Waals surface area contributed by atoms with E-state index in [0.717, 1.165) is 43.1 Å². The van der Waals surface area contributed by atoms with Crippen molar-refractivity contribution in [3.8, 4) is 11.5 Å². The molecule has 26 heavy (non-hydrogen) atoms. The van der Waals surface area contributed by atoms with Crippen LogP contribution in [0.3, 0.4) is 0 Å². The number of rotatable bonds is 7. The number of carbonyl (C=O) groups excluding carboxylic acids is 1. The fourth-order valence-corrected chi connectivity index (χ4v) is 3.42. The summed E-state index contributed by atoms with van der Waals surface area (Å²) in [5.41, 5.74) is 2.07. The van der Waals surface area contributed by atoms with Gasteiger partial charge < -0.3 is 14.4 Å². The molecule has 1 aromatic heterocycles. The van der Waals surface area contributed by atoms with E-state index in [4.69, 9.17) is 9.47 Å². The Balaban J connectivity index is 1.51. The summed E-state index contributed by atoms with van der Waals surface area (Å²) >= 11 is 0. The highest BCUT2D eigenvalue weighted by Crippen LogP contribution is 2.30. The van der Waals surface area contributed by atoms with Gasteiger partial charge in [-0.25, -0.2) is 0 Å². The van der Waals surface area contributed by atoms with Gasteiger partial charge in [0.25, 0.3) is 0 Å². The number of hydrogen-bond donors (Lipinski definition) is 0. The first kappa shape index (κ1) is 18.2. The summed E-state index contributed by atoms with van der Waals surface area (Å²) < 4.78 is 10.7. The molecule has 6 nitrogen and oxygen atoms in total. The number of aromatic nitrogens is 2. The molecule has 2 aromatic rings. The molecule has 1 atom stereocenters. The van der Waals surface area contributed by atoms with Crippen molar-refractivity contribution in [2.24, 2.45) is 5.92 Å². The predicted octanol–water partition coefficient (Wildman–Crippen LogP) is 2.52. The lowest BCUT2D eigenvalue weighted by Gasteiger charge is -2.17. The van der Waals surface area contributed by atoms with E-state index in [2.05, 4.69) is 16.0 Å². The van der Waals surface area contributed by atoms with Gasteiger partial charge in [0, 0.05) is 38.1 Å². The molecular weight excluding hydrogens is 330 g/mol. The van der Waals surface area contributed by atoms with Crippen LogP contribution in [0.1, 0.15) is 24.1 Å². The van der Waals surface area contributed by atoms with Crippen LogP contribution in [-0.2, 0) is 17.6 Å². The van der Waals surface area contributed by atoms with E-state index in [1.165, 1.54) is 5.56 Å². The Morgan fingerprint density at radius 3 is 2.81 bits per heavy atom. The van der Waals surface area contributed by atoms with Crippen LogP contribution >= 0.6 is 0 Å². The molecule has 2 heterocycles. The van der Waals surface area contributed by atoms with E-state index >= 15 is 0 Å². The molecule has 1 amide bonds. The Kier molecular flexibility index (Phi) is 6.04. The average Bonchev–Trinajstić information content (AvgIpc) is 3.15. The quantitative estimate of drug-likeness (QED) is 0.764. The zero-order chi connectivity index (χ0) is 18.4. The number of methoxy groups -OCH3 is 2. The van der Waals surface area contributed by atoms with Crippen LogP contribution in [-0.4, -0.2) is 48.1 Å². The molecule has 3 rings (SSSR count). The lowest BCUT2D eigenvalue weighted by atomic mass is 9.98. The second kappa shape index (κ2) is 8.65. The molecule has 0 saturated carbocycles. The molecule has 0 N–H and O–H groups in total. The third-order valence-electron chi connectivity index (χ3n) is 4.82. The third kappa shape index (κ3) is 4.50. The van der Waals surface area contributed by atoms with Crippen molar-refractivity contribution < 1.29 is 14.3 Å². The zero-order valence-electron chi connectivity index (χ0n) is 15.4. The highest BCUT2D eigenvalue weighted by Gasteiger charge is 2.26. The summed E-state index contributed by atoms with van der Waals surface area (Å²) in [6, 6.07) is 6.03. The number of nitrogens with zero attached hydrogens (tertiary/aromatic N) is 3. The van der Waals surface area contributed by atoms with Crippen molar-refractivity contribution >= 4 is 5.91 Å². The maximum Gasteiger partial charge on any atom is 0.222 e. The summed E-state index contributed by atoms with van der Waals surface area (Å²) in [6.45, 7) is 1.64. The number of amides is 1. The number of ether oxygens (including phenoxy) is 2. The van der Waals surface area contributed by atoms with Crippen molar-refractivity contribution in [2.75, 3.05) is 27.3 Å². The Hall–Kier alpha value is -2.63. The molecule has 1 fully saturated rings. The maximum absolute atomic E-state index is 12.4. The molecule has 0 spiro atoms. The van der Waals surface area contributed by atoms with Crippen LogP contribution in [0.15, 0.2) is 36.8 Å². The first-order chi connectivity index (χ1) is 12.7. The van der Waals surface area contributed by atoms with Crippen LogP contribution in [0.2, 0.25) is 0 Å². The van der Waals surface area contributed by atoms with Gasteiger partial charge in [-0.1, -0.05) is 6.07 Å². The van der Waals surface area contributed by atoms with Gasteiger partial charge >= 0.3 is 0 Å². The average molecular weight is 355 g/mol. The van der Waals surface area contributed by atoms with Crippen molar-refractivity contribution in [3.63, 3.8) is 0 Å². The fraction of sp³-hybridized carbons (Fsp3) is 0.450. The molecular formula is C20H25N3O3. The van der Waals surface area contributed by atoms with E-state index in [1.807, 2.05) is 17.0 Å². The maximum atomic E-state index is 12.4. The summed E-state index contributed by atoms with van der Waals surface area (Å²) in [5.74, 6) is 2.17. The normalized spacial score (nSPS) is 16.5. The van der Waals surface area contributed by atoms with Gasteiger partial charge in [0.05, 0.1) is 19.9 Å². The van der Waals surface area contributed by atoms with E-state index in [-0.39, 0.29) is 5.91 Å². The monoisotopic (exact) mass is 355 g/mol. The summed E-state index contributed by atoms with van der Waals surface area (Å²) in [7, 11) is 3.29. The summed E-state index contributed by atoms with van der Waals surface area (Å²) in [5, 5.41) is 0. The molecule has 1 saturated heterocycles. The molecule has 138 valence electrons. The van der Waals surface area contributed by atoms with E-state index in [0.29, 0.717) is 18.8 Å². The van der Waals surface area contributed by atoms with Gasteiger partial charge in [-0.05, 0) is 42.9 Å². The molecule has 0 aliphatic carbocycles. The standard InChI is InChI=1S/C20H25N3O3/c1-25-18-5-3-15(12-19(18)26-2)11-16-7-10-23(14-16)20(24)6-4-17-13-21-8-9-22-17/h3,5,8-9,12-13,16H,4,6-7,10-11,14H2,1-2H3. The van der Waals surface area contributed by atoms with E-state index < -0.39 is 0 Å². The Morgan fingerprint density at radius 2 is 2.08 bits per heavy atom. The topological polar surface area (TPSA) is 64.5 Å². The number of aryl methyl sites for hydroxylation is 1. The molecule has 0 radical (unpaired) electrons. The van der Waals surface area contributed by atoms with Gasteiger partial charge in [-0.2, -0.15) is 0 Å². The Morgan fingerprint density at radius 1 is 1.23 bits per heavy atom. The van der Waals surface area contributed by atoms with Crippen LogP contribution < -0.4 is 9.47 Å². The predicted molar refractivity (Wildman–Crippen MR) is 98.3 cm³/mol. The second-order valence-electron chi connectivity index (χ2n) is 6.58. The van der Waals surface area contributed by atoms with Crippen molar-refractivity contribution in [3.05, 3.63) is 48.0 Å². The summed E-state index contributed by atoms with van der Waals surface area (Å²) in [6.07, 6.45) is 8.13. The summed E-state index contributed by atoms with van der Waals surface area (Å²) in [4.78, 5) is 22.7. The fourth-order valence-electron chi connectivity index (χ4n) is 3.42. The lowest BCUT2D eigenvalue weighted by Crippen LogP contribution is -2.29. The molecule has 1 aromatic carbocycles. The molecule has 6 heteroatoms. The van der Waals surface area contributed by atoms with Gasteiger partial charge in [0.1, 0.15) is 0 Å². The highest BCUT2D eigenvalue weighted by atomic mass is 16.5. The minimum atomic E-state index is 0.200. The van der Waals surface area contributed by atoms with Crippen LogP contribution in [0.25, 0.3) is 0 Å². The van der Waals surface area contributed by atoms with Gasteiger partial charge in [0.15, 0.2) is 11.5 Å². The number of carbonyl (C=O) groups is 1. The zero-order valence-corrected chi connectivity index (χ0v) is 15.4. The number of hydrogen-bond acceptors (Lipinski definition) is 5. The van der Waals surface area contributed by atoms with Crippen molar-refractivity contribution in [2.45, 2.75) is 25.7 Å². The van der Waals surface area contributed by atoms with Crippen molar-refractivity contribution in [1.82, 2.24) is 14.9 Å². The molecule has 1 aliphatic heterocycles. The van der Waals surface area contributed by atoms with Gasteiger partial charge in [-0.3, -0.25) is 14.8 Å². The lowest BCUT2D eigenvalue weighted by molar-refractivity contribution is -0.130. The van der Waals surface area contributed by atoms with Crippen LogP contribution in [0.5, 0.6) is 11.5 Å². The first-order valence-electron chi connectivity index (χ1n) is 8.93.